The summed E-state index contributed by atoms with van der Waals surface area (Å²) >= 11 is 0. The molecule has 6 nitrogen and oxygen atoms in total. The maximum absolute atomic E-state index is 13.1. The number of nitrogens with one attached hydrogen (secondary N) is 1. The molecule has 0 saturated heterocycles. The van der Waals surface area contributed by atoms with E-state index in [9.17, 15) is 4.39 Å². The Morgan fingerprint density at radius 2 is 2.20 bits per heavy atom. The van der Waals surface area contributed by atoms with Crippen LogP contribution >= 0.6 is 0 Å². The number of aromatic nitrogens is 2. The number of hydrogen-bond donors (Lipinski definition) is 2. The van der Waals surface area contributed by atoms with Crippen molar-refractivity contribution in [2.45, 2.75) is 6.61 Å². The third-order valence-electron chi connectivity index (χ3n) is 2.43. The fourth-order valence-electron chi connectivity index (χ4n) is 1.63. The SMILES string of the molecule is COCc1nc(N)cc(Nc2ccc(F)cc2C#N)n1. The van der Waals surface area contributed by atoms with Gasteiger partial charge in [0.15, 0.2) is 5.82 Å². The zero-order valence-corrected chi connectivity index (χ0v) is 10.7. The summed E-state index contributed by atoms with van der Waals surface area (Å²) in [4.78, 5) is 8.18. The molecule has 2 aromatic rings. The van der Waals surface area contributed by atoms with Crippen LogP contribution in [0.25, 0.3) is 0 Å². The Balaban J connectivity index is 2.32. The summed E-state index contributed by atoms with van der Waals surface area (Å²) in [5, 5.41) is 11.9. The Kier molecular flexibility index (Phi) is 4.08. The molecule has 0 aliphatic rings. The van der Waals surface area contributed by atoms with Gasteiger partial charge in [0.25, 0.3) is 0 Å². The molecule has 3 N–H and O–H groups in total. The first-order chi connectivity index (χ1) is 9.62. The molecule has 0 atom stereocenters. The van der Waals surface area contributed by atoms with Crippen LogP contribution in [0.3, 0.4) is 0 Å². The highest BCUT2D eigenvalue weighted by molar-refractivity contribution is 5.65. The van der Waals surface area contributed by atoms with Crippen LogP contribution in [0.4, 0.5) is 21.7 Å². The van der Waals surface area contributed by atoms with Crippen molar-refractivity contribution in [3.63, 3.8) is 0 Å². The highest BCUT2D eigenvalue weighted by Gasteiger charge is 2.07. The molecule has 1 heterocycles. The van der Waals surface area contributed by atoms with E-state index in [1.807, 2.05) is 6.07 Å². The Morgan fingerprint density at radius 3 is 2.90 bits per heavy atom. The van der Waals surface area contributed by atoms with Crippen molar-refractivity contribution in [2.75, 3.05) is 18.2 Å². The molecule has 1 aromatic heterocycles. The van der Waals surface area contributed by atoms with E-state index in [0.29, 0.717) is 17.3 Å². The second-order valence-electron chi connectivity index (χ2n) is 3.95. The van der Waals surface area contributed by atoms with Crippen molar-refractivity contribution in [1.82, 2.24) is 9.97 Å². The summed E-state index contributed by atoms with van der Waals surface area (Å²) in [6.07, 6.45) is 0. The molecule has 7 heteroatoms. The number of methoxy groups -OCH3 is 1. The Morgan fingerprint density at radius 1 is 1.40 bits per heavy atom. The number of hydrogen-bond acceptors (Lipinski definition) is 6. The van der Waals surface area contributed by atoms with Gasteiger partial charge >= 0.3 is 0 Å². The lowest BCUT2D eigenvalue weighted by atomic mass is 10.2. The molecule has 102 valence electrons. The molecule has 0 fully saturated rings. The molecule has 2 rings (SSSR count). The number of benzene rings is 1. The highest BCUT2D eigenvalue weighted by atomic mass is 19.1. The summed E-state index contributed by atoms with van der Waals surface area (Å²) in [7, 11) is 1.52. The van der Waals surface area contributed by atoms with Gasteiger partial charge in [0.1, 0.15) is 30.1 Å². The summed E-state index contributed by atoms with van der Waals surface area (Å²) in [5.74, 6) is 0.618. The molecule has 0 radical (unpaired) electrons. The standard InChI is InChI=1S/C13H12FN5O/c1-20-7-13-18-11(16)5-12(19-13)17-10-3-2-9(14)4-8(10)6-15/h2-5H,7H2,1H3,(H3,16,17,18,19). The van der Waals surface area contributed by atoms with E-state index in [-0.39, 0.29) is 18.0 Å². The van der Waals surface area contributed by atoms with Crippen LogP contribution in [0.15, 0.2) is 24.3 Å². The number of rotatable bonds is 4. The van der Waals surface area contributed by atoms with Crippen molar-refractivity contribution >= 4 is 17.3 Å². The third kappa shape index (κ3) is 3.18. The normalized spacial score (nSPS) is 10.1. The van der Waals surface area contributed by atoms with Crippen molar-refractivity contribution in [2.24, 2.45) is 0 Å². The van der Waals surface area contributed by atoms with Gasteiger partial charge in [-0.25, -0.2) is 14.4 Å². The molecule has 0 aliphatic carbocycles. The molecule has 0 amide bonds. The van der Waals surface area contributed by atoms with Gasteiger partial charge in [-0.3, -0.25) is 0 Å². The highest BCUT2D eigenvalue weighted by Crippen LogP contribution is 2.21. The van der Waals surface area contributed by atoms with Crippen LogP contribution in [-0.4, -0.2) is 17.1 Å². The summed E-state index contributed by atoms with van der Waals surface area (Å²) in [6, 6.07) is 7.28. The van der Waals surface area contributed by atoms with Crippen LogP contribution < -0.4 is 11.1 Å². The number of halogens is 1. The number of nitriles is 1. The average Bonchev–Trinajstić information content (AvgIpc) is 2.40. The number of anilines is 3. The lowest BCUT2D eigenvalue weighted by molar-refractivity contribution is 0.178. The van der Waals surface area contributed by atoms with Crippen LogP contribution in [-0.2, 0) is 11.3 Å². The van der Waals surface area contributed by atoms with Gasteiger partial charge in [-0.2, -0.15) is 5.26 Å². The average molecular weight is 273 g/mol. The van der Waals surface area contributed by atoms with Gasteiger partial charge < -0.3 is 15.8 Å². The molecule has 0 saturated carbocycles. The van der Waals surface area contributed by atoms with Gasteiger partial charge in [0, 0.05) is 13.2 Å². The van der Waals surface area contributed by atoms with Gasteiger partial charge in [-0.15, -0.1) is 0 Å². The predicted molar refractivity (Wildman–Crippen MR) is 71.6 cm³/mol. The fraction of sp³-hybridized carbons (Fsp3) is 0.154. The Bertz CT molecular complexity index is 668. The Labute approximate surface area is 115 Å². The van der Waals surface area contributed by atoms with Gasteiger partial charge in [-0.1, -0.05) is 0 Å². The van der Waals surface area contributed by atoms with Crippen LogP contribution in [0.5, 0.6) is 0 Å². The van der Waals surface area contributed by atoms with Crippen LogP contribution in [0, 0.1) is 17.1 Å². The quantitative estimate of drug-likeness (QED) is 0.883. The predicted octanol–water partition coefficient (Wildman–Crippen LogP) is 1.96. The number of nitrogens with zero attached hydrogens (tertiary/aromatic N) is 3. The maximum atomic E-state index is 13.1. The molecular formula is C13H12FN5O. The molecule has 0 spiro atoms. The van der Waals surface area contributed by atoms with Crippen LogP contribution in [0.1, 0.15) is 11.4 Å². The third-order valence-corrected chi connectivity index (χ3v) is 2.43. The smallest absolute Gasteiger partial charge is 0.158 e. The van der Waals surface area contributed by atoms with E-state index in [0.717, 1.165) is 6.07 Å². The topological polar surface area (TPSA) is 96.9 Å². The van der Waals surface area contributed by atoms with Gasteiger partial charge in [0.05, 0.1) is 11.3 Å². The Hall–Kier alpha value is -2.72. The van der Waals surface area contributed by atoms with E-state index in [2.05, 4.69) is 15.3 Å². The van der Waals surface area contributed by atoms with Crippen molar-refractivity contribution in [3.05, 3.63) is 41.5 Å². The molecular weight excluding hydrogens is 261 g/mol. The minimum atomic E-state index is -0.477. The second kappa shape index (κ2) is 5.95. The molecule has 0 bridgehead atoms. The van der Waals surface area contributed by atoms with Crippen LogP contribution in [0.2, 0.25) is 0 Å². The summed E-state index contributed by atoms with van der Waals surface area (Å²) in [6.45, 7) is 0.217. The largest absolute Gasteiger partial charge is 0.384 e. The fourth-order valence-corrected chi connectivity index (χ4v) is 1.63. The number of ether oxygens (including phenoxy) is 1. The summed E-state index contributed by atoms with van der Waals surface area (Å²) < 4.78 is 18.0. The van der Waals surface area contributed by atoms with E-state index in [1.165, 1.54) is 25.3 Å². The lowest BCUT2D eigenvalue weighted by Gasteiger charge is -2.09. The number of nitrogens with two attached hydrogens (primary N) is 1. The van der Waals surface area contributed by atoms with Crippen molar-refractivity contribution in [3.8, 4) is 6.07 Å². The molecule has 0 unspecified atom stereocenters. The van der Waals surface area contributed by atoms with E-state index < -0.39 is 5.82 Å². The minimum Gasteiger partial charge on any atom is -0.384 e. The molecule has 20 heavy (non-hydrogen) atoms. The van der Waals surface area contributed by atoms with Crippen molar-refractivity contribution in [1.29, 1.82) is 5.26 Å². The molecule has 0 aliphatic heterocycles. The lowest BCUT2D eigenvalue weighted by Crippen LogP contribution is -2.05. The zero-order chi connectivity index (χ0) is 14.5. The second-order valence-corrected chi connectivity index (χ2v) is 3.95. The van der Waals surface area contributed by atoms with Crippen molar-refractivity contribution < 1.29 is 9.13 Å². The number of nitrogen functional groups attached to an aromatic ring is 1. The van der Waals surface area contributed by atoms with Gasteiger partial charge in [0.2, 0.25) is 0 Å². The monoisotopic (exact) mass is 273 g/mol. The summed E-state index contributed by atoms with van der Waals surface area (Å²) in [5.41, 5.74) is 6.28. The minimum absolute atomic E-state index is 0.176. The van der Waals surface area contributed by atoms with E-state index >= 15 is 0 Å². The van der Waals surface area contributed by atoms with E-state index in [1.54, 1.807) is 0 Å². The first kappa shape index (κ1) is 13.7. The maximum Gasteiger partial charge on any atom is 0.158 e. The molecule has 1 aromatic carbocycles. The van der Waals surface area contributed by atoms with E-state index in [4.69, 9.17) is 15.7 Å². The first-order valence-electron chi connectivity index (χ1n) is 5.71. The first-order valence-corrected chi connectivity index (χ1v) is 5.71. The zero-order valence-electron chi connectivity index (χ0n) is 10.7. The van der Waals surface area contributed by atoms with Gasteiger partial charge in [-0.05, 0) is 18.2 Å².